The fourth-order valence-corrected chi connectivity index (χ4v) is 2.33. The van der Waals surface area contributed by atoms with Crippen LogP contribution in [0, 0.1) is 0 Å². The number of ether oxygens (including phenoxy) is 1. The van der Waals surface area contributed by atoms with Gasteiger partial charge < -0.3 is 25.8 Å². The van der Waals surface area contributed by atoms with E-state index in [2.05, 4.69) is 16.0 Å². The van der Waals surface area contributed by atoms with Crippen LogP contribution in [0.15, 0.2) is 0 Å². The Morgan fingerprint density at radius 1 is 0.568 bits per heavy atom. The van der Waals surface area contributed by atoms with E-state index in [1.54, 1.807) is 14.1 Å². The molecule has 0 aliphatic heterocycles. The fraction of sp³-hybridized carbons (Fsp3) is 0.897. The molecule has 0 heterocycles. The zero-order chi connectivity index (χ0) is 27.1. The quantitative estimate of drug-likeness (QED) is 0.256. The predicted octanol–water partition coefficient (Wildman–Crippen LogP) is 5.27. The van der Waals surface area contributed by atoms with Gasteiger partial charge in [0.2, 0.25) is 17.7 Å². The van der Waals surface area contributed by atoms with Crippen LogP contribution in [0.4, 0.5) is 0 Å². The van der Waals surface area contributed by atoms with Crippen molar-refractivity contribution in [3.8, 4) is 0 Å². The number of carbonyl (C=O) groups excluding carboxylic acids is 3. The Morgan fingerprint density at radius 2 is 0.919 bits per heavy atom. The van der Waals surface area contributed by atoms with Gasteiger partial charge in [0.1, 0.15) is 6.61 Å². The van der Waals surface area contributed by atoms with Gasteiger partial charge in [-0.15, -0.1) is 0 Å². The van der Waals surface area contributed by atoms with Crippen LogP contribution in [0.2, 0.25) is 0 Å². The van der Waals surface area contributed by atoms with E-state index in [4.69, 9.17) is 9.84 Å². The van der Waals surface area contributed by atoms with Gasteiger partial charge in [0, 0.05) is 40.6 Å². The lowest BCUT2D eigenvalue weighted by atomic mass is 10.0. The number of rotatable bonds is 12. The molecule has 3 fully saturated rings. The van der Waals surface area contributed by atoms with Crippen LogP contribution < -0.4 is 16.0 Å². The number of likely N-dealkylation sites (N-methyl/N-ethyl adjacent to an activating group) is 1. The van der Waals surface area contributed by atoms with Crippen molar-refractivity contribution >= 4 is 17.7 Å². The van der Waals surface area contributed by atoms with E-state index in [1.807, 2.05) is 0 Å². The van der Waals surface area contributed by atoms with E-state index in [9.17, 15) is 14.4 Å². The second-order valence-electron chi connectivity index (χ2n) is 9.31. The maximum absolute atomic E-state index is 10.7. The van der Waals surface area contributed by atoms with E-state index in [-0.39, 0.29) is 51.4 Å². The third-order valence-corrected chi connectivity index (χ3v) is 6.11. The van der Waals surface area contributed by atoms with E-state index in [0.29, 0.717) is 6.42 Å². The average Bonchev–Trinajstić information content (AvgIpc) is 2.75. The van der Waals surface area contributed by atoms with Gasteiger partial charge in [-0.2, -0.15) is 0 Å². The highest BCUT2D eigenvalue weighted by Crippen LogP contribution is 2.15. The van der Waals surface area contributed by atoms with Gasteiger partial charge in [0.25, 0.3) is 0 Å². The molecule has 3 aliphatic rings. The smallest absolute Gasteiger partial charge is 0.245 e. The van der Waals surface area contributed by atoms with Crippen molar-refractivity contribution in [3.63, 3.8) is 0 Å². The molecular formula is C29H61N3O5. The molecule has 4 N–H and O–H groups in total. The number of carbonyl (C=O) groups is 3. The van der Waals surface area contributed by atoms with Crippen LogP contribution in [0.3, 0.4) is 0 Å². The largest absolute Gasteiger partial charge is 0.396 e. The predicted molar refractivity (Wildman–Crippen MR) is 155 cm³/mol. The topological polar surface area (TPSA) is 117 Å². The number of unbranched alkanes of at least 4 members (excludes halogenated alkanes) is 4. The van der Waals surface area contributed by atoms with Gasteiger partial charge >= 0.3 is 0 Å². The summed E-state index contributed by atoms with van der Waals surface area (Å²) < 4.78 is 4.89. The van der Waals surface area contributed by atoms with Gasteiger partial charge in [0.15, 0.2) is 0 Å². The minimum absolute atomic E-state index is 0. The molecule has 3 amide bonds. The van der Waals surface area contributed by atoms with Crippen molar-refractivity contribution in [2.75, 3.05) is 41.0 Å². The molecule has 8 nitrogen and oxygen atoms in total. The first kappa shape index (κ1) is 39.8. The Kier molecular flexibility index (Phi) is 37.0. The third kappa shape index (κ3) is 36.6. The molecule has 3 saturated carbocycles. The Bertz CT molecular complexity index is 443. The highest BCUT2D eigenvalue weighted by molar-refractivity contribution is 5.77. The van der Waals surface area contributed by atoms with Crippen LogP contribution in [-0.4, -0.2) is 63.8 Å². The molecule has 0 aromatic rings. The summed E-state index contributed by atoms with van der Waals surface area (Å²) in [5, 5.41) is 15.9. The molecular weight excluding hydrogens is 470 g/mol. The summed E-state index contributed by atoms with van der Waals surface area (Å²) >= 11 is 0. The van der Waals surface area contributed by atoms with Crippen LogP contribution in [0.1, 0.15) is 129 Å². The summed E-state index contributed by atoms with van der Waals surface area (Å²) in [6.45, 7) is 0.566. The van der Waals surface area contributed by atoms with Crippen LogP contribution in [0.5, 0.6) is 0 Å². The van der Waals surface area contributed by atoms with E-state index in [0.717, 1.165) is 32.1 Å². The van der Waals surface area contributed by atoms with Crippen molar-refractivity contribution in [3.05, 3.63) is 0 Å². The maximum atomic E-state index is 10.7. The van der Waals surface area contributed by atoms with Crippen LogP contribution >= 0.6 is 0 Å². The summed E-state index contributed by atoms with van der Waals surface area (Å²) in [5.74, 6) is -0.157. The Labute approximate surface area is 228 Å². The second kappa shape index (κ2) is 34.3. The monoisotopic (exact) mass is 531 g/mol. The highest BCUT2D eigenvalue weighted by atomic mass is 16.5. The second-order valence-corrected chi connectivity index (χ2v) is 9.31. The zero-order valence-electron chi connectivity index (χ0n) is 23.6. The van der Waals surface area contributed by atoms with Crippen molar-refractivity contribution in [1.82, 2.24) is 16.0 Å². The van der Waals surface area contributed by atoms with Crippen LogP contribution in [-0.2, 0) is 19.1 Å². The molecule has 222 valence electrons. The normalized spacial score (nSPS) is 13.9. The molecule has 37 heavy (non-hydrogen) atoms. The van der Waals surface area contributed by atoms with Crippen molar-refractivity contribution in [1.29, 1.82) is 0 Å². The number of nitrogens with one attached hydrogen (secondary N) is 3. The molecule has 0 unspecified atom stereocenters. The molecule has 0 saturated heterocycles. The summed E-state index contributed by atoms with van der Waals surface area (Å²) in [7, 11) is 4.75. The molecule has 0 bridgehead atoms. The first-order valence-electron chi connectivity index (χ1n) is 14.3. The summed E-state index contributed by atoms with van der Waals surface area (Å²) in [6.07, 6.45) is 24.1. The number of hydrogen-bond acceptors (Lipinski definition) is 5. The lowest BCUT2D eigenvalue weighted by molar-refractivity contribution is -0.127. The standard InChI is InChI=1S/C9H19NO2.C7H14N2O3.3C4H8.CH4/c1-10-9(12)7-5-3-2-4-6-8-11;1-8-6(10)3-4-12-5-7(11)9-2;3*1-2-4-3-1;/h11H,2-8H2,1H3,(H,10,12);3-5H2,1-2H3,(H,8,10)(H,9,11);3*1-4H2;1H4. The lowest BCUT2D eigenvalue weighted by Gasteiger charge is -2.05. The van der Waals surface area contributed by atoms with E-state index < -0.39 is 0 Å². The summed E-state index contributed by atoms with van der Waals surface area (Å²) in [6, 6.07) is 0. The van der Waals surface area contributed by atoms with Crippen molar-refractivity contribution in [2.24, 2.45) is 0 Å². The molecule has 0 aromatic carbocycles. The SMILES string of the molecule is C.C1CCC1.C1CCC1.C1CCC1.CNC(=O)CCCCCCCO.CNC(=O)CCOCC(=O)NC. The van der Waals surface area contributed by atoms with E-state index >= 15 is 0 Å². The summed E-state index contributed by atoms with van der Waals surface area (Å²) in [5.41, 5.74) is 0. The van der Waals surface area contributed by atoms with Gasteiger partial charge in [0.05, 0.1) is 6.61 Å². The molecule has 0 spiro atoms. The van der Waals surface area contributed by atoms with Gasteiger partial charge in [-0.1, -0.05) is 104 Å². The average molecular weight is 532 g/mol. The minimum atomic E-state index is -0.188. The number of hydrogen-bond donors (Lipinski definition) is 4. The molecule has 8 heteroatoms. The van der Waals surface area contributed by atoms with Gasteiger partial charge in [-0.05, 0) is 12.8 Å². The van der Waals surface area contributed by atoms with Crippen LogP contribution in [0.25, 0.3) is 0 Å². The zero-order valence-corrected chi connectivity index (χ0v) is 23.6. The first-order valence-corrected chi connectivity index (χ1v) is 14.3. The summed E-state index contributed by atoms with van der Waals surface area (Å²) in [4.78, 5) is 32.0. The minimum Gasteiger partial charge on any atom is -0.396 e. The van der Waals surface area contributed by atoms with Crippen molar-refractivity contribution < 1.29 is 24.2 Å². The molecule has 3 rings (SSSR count). The molecule has 0 atom stereocenters. The van der Waals surface area contributed by atoms with E-state index in [1.165, 1.54) is 84.1 Å². The van der Waals surface area contributed by atoms with Gasteiger partial charge in [-0.25, -0.2) is 0 Å². The first-order chi connectivity index (χ1) is 17.5. The lowest BCUT2D eigenvalue weighted by Crippen LogP contribution is -2.25. The Morgan fingerprint density at radius 3 is 1.27 bits per heavy atom. The van der Waals surface area contributed by atoms with Crippen molar-refractivity contribution in [2.45, 2.75) is 129 Å². The molecule has 0 radical (unpaired) electrons. The highest BCUT2D eigenvalue weighted by Gasteiger charge is 2.00. The molecule has 3 aliphatic carbocycles. The fourth-order valence-electron chi connectivity index (χ4n) is 2.33. The third-order valence-electron chi connectivity index (χ3n) is 6.11. The Hall–Kier alpha value is -1.67. The number of amides is 3. The van der Waals surface area contributed by atoms with Gasteiger partial charge in [-0.3, -0.25) is 14.4 Å². The maximum Gasteiger partial charge on any atom is 0.245 e. The number of aliphatic hydroxyl groups is 1. The molecule has 0 aromatic heterocycles. The number of aliphatic hydroxyl groups excluding tert-OH is 1. The Balaban J connectivity index is -0.000000423.